The summed E-state index contributed by atoms with van der Waals surface area (Å²) in [6.45, 7) is 2.88. The van der Waals surface area contributed by atoms with Gasteiger partial charge in [0.25, 0.3) is 0 Å². The number of halogens is 1. The Kier molecular flexibility index (Phi) is 5.05. The molecule has 2 rings (SSSR count). The fourth-order valence-corrected chi connectivity index (χ4v) is 2.38. The molecular weight excluding hydrogens is 268 g/mol. The SMILES string of the molecule is CC(c1ccc(Cl)cc1)N(C)c1ccc(CCN)cc1. The van der Waals surface area contributed by atoms with Crippen LogP contribution in [0.2, 0.25) is 5.02 Å². The summed E-state index contributed by atoms with van der Waals surface area (Å²) in [7, 11) is 2.11. The van der Waals surface area contributed by atoms with E-state index in [1.165, 1.54) is 16.8 Å². The third-order valence-electron chi connectivity index (χ3n) is 3.71. The average molecular weight is 289 g/mol. The van der Waals surface area contributed by atoms with Crippen LogP contribution in [0, 0.1) is 0 Å². The van der Waals surface area contributed by atoms with E-state index in [-0.39, 0.29) is 0 Å². The molecule has 0 aromatic heterocycles. The summed E-state index contributed by atoms with van der Waals surface area (Å²) >= 11 is 5.94. The van der Waals surface area contributed by atoms with Gasteiger partial charge in [-0.15, -0.1) is 0 Å². The van der Waals surface area contributed by atoms with E-state index in [0.717, 1.165) is 11.4 Å². The fourth-order valence-electron chi connectivity index (χ4n) is 2.25. The number of benzene rings is 2. The minimum atomic E-state index is 0.299. The Morgan fingerprint density at radius 2 is 1.65 bits per heavy atom. The second-order valence-electron chi connectivity index (χ2n) is 5.04. The first-order valence-electron chi connectivity index (χ1n) is 6.89. The topological polar surface area (TPSA) is 29.3 Å². The van der Waals surface area contributed by atoms with Crippen molar-refractivity contribution < 1.29 is 0 Å². The smallest absolute Gasteiger partial charge is 0.0511 e. The Morgan fingerprint density at radius 1 is 1.05 bits per heavy atom. The molecule has 2 aromatic carbocycles. The molecule has 2 N–H and O–H groups in total. The molecule has 106 valence electrons. The molecule has 0 aliphatic heterocycles. The van der Waals surface area contributed by atoms with Crippen LogP contribution in [0.3, 0.4) is 0 Å². The number of hydrogen-bond donors (Lipinski definition) is 1. The van der Waals surface area contributed by atoms with Crippen molar-refractivity contribution in [1.29, 1.82) is 0 Å². The van der Waals surface area contributed by atoms with Gasteiger partial charge < -0.3 is 10.6 Å². The predicted octanol–water partition coefficient (Wildman–Crippen LogP) is 4.04. The van der Waals surface area contributed by atoms with Gasteiger partial charge in [0, 0.05) is 17.8 Å². The quantitative estimate of drug-likeness (QED) is 0.900. The van der Waals surface area contributed by atoms with Crippen molar-refractivity contribution in [2.45, 2.75) is 19.4 Å². The molecule has 0 saturated carbocycles. The summed E-state index contributed by atoms with van der Waals surface area (Å²) in [5.74, 6) is 0. The lowest BCUT2D eigenvalue weighted by atomic mass is 10.1. The first-order chi connectivity index (χ1) is 9.61. The van der Waals surface area contributed by atoms with E-state index >= 15 is 0 Å². The van der Waals surface area contributed by atoms with Gasteiger partial charge in [-0.2, -0.15) is 0 Å². The van der Waals surface area contributed by atoms with Crippen LogP contribution >= 0.6 is 11.6 Å². The molecule has 0 radical (unpaired) electrons. The number of anilines is 1. The summed E-state index contributed by atoms with van der Waals surface area (Å²) < 4.78 is 0. The van der Waals surface area contributed by atoms with Crippen LogP contribution in [0.4, 0.5) is 5.69 Å². The Labute approximate surface area is 126 Å². The third-order valence-corrected chi connectivity index (χ3v) is 3.96. The Hall–Kier alpha value is -1.51. The molecule has 0 bridgehead atoms. The highest BCUT2D eigenvalue weighted by Gasteiger charge is 2.12. The fraction of sp³-hybridized carbons (Fsp3) is 0.294. The Bertz CT molecular complexity index is 534. The van der Waals surface area contributed by atoms with Crippen LogP contribution in [0.5, 0.6) is 0 Å². The van der Waals surface area contributed by atoms with E-state index in [1.807, 2.05) is 12.1 Å². The highest BCUT2D eigenvalue weighted by Crippen LogP contribution is 2.26. The van der Waals surface area contributed by atoms with Crippen LogP contribution in [-0.2, 0) is 6.42 Å². The predicted molar refractivity (Wildman–Crippen MR) is 87.5 cm³/mol. The molecule has 3 heteroatoms. The van der Waals surface area contributed by atoms with Crippen LogP contribution < -0.4 is 10.6 Å². The molecule has 0 spiro atoms. The number of nitrogens with zero attached hydrogens (tertiary/aromatic N) is 1. The molecular formula is C17H21ClN2. The summed E-state index contributed by atoms with van der Waals surface area (Å²) in [6.07, 6.45) is 0.927. The van der Waals surface area contributed by atoms with Crippen LogP contribution in [0.1, 0.15) is 24.1 Å². The minimum Gasteiger partial charge on any atom is -0.368 e. The largest absolute Gasteiger partial charge is 0.368 e. The number of hydrogen-bond acceptors (Lipinski definition) is 2. The van der Waals surface area contributed by atoms with E-state index in [9.17, 15) is 0 Å². The molecule has 0 fully saturated rings. The first kappa shape index (κ1) is 14.9. The van der Waals surface area contributed by atoms with Gasteiger partial charge >= 0.3 is 0 Å². The molecule has 20 heavy (non-hydrogen) atoms. The molecule has 0 amide bonds. The standard InChI is InChI=1S/C17H21ClN2/c1-13(15-5-7-16(18)8-6-15)20(2)17-9-3-14(4-10-17)11-12-19/h3-10,13H,11-12,19H2,1-2H3. The zero-order valence-corrected chi connectivity index (χ0v) is 12.8. The van der Waals surface area contributed by atoms with Gasteiger partial charge in [-0.1, -0.05) is 35.9 Å². The summed E-state index contributed by atoms with van der Waals surface area (Å²) in [6, 6.07) is 16.9. The molecule has 2 nitrogen and oxygen atoms in total. The van der Waals surface area contributed by atoms with E-state index < -0.39 is 0 Å². The summed E-state index contributed by atoms with van der Waals surface area (Å²) in [5, 5.41) is 0.773. The monoisotopic (exact) mass is 288 g/mol. The maximum Gasteiger partial charge on any atom is 0.0511 e. The van der Waals surface area contributed by atoms with Crippen molar-refractivity contribution in [3.8, 4) is 0 Å². The van der Waals surface area contributed by atoms with Gasteiger partial charge in [-0.3, -0.25) is 0 Å². The van der Waals surface area contributed by atoms with Gasteiger partial charge in [-0.05, 0) is 55.3 Å². The Morgan fingerprint density at radius 3 is 2.20 bits per heavy atom. The van der Waals surface area contributed by atoms with Crippen molar-refractivity contribution in [1.82, 2.24) is 0 Å². The molecule has 2 aromatic rings. The molecule has 1 atom stereocenters. The van der Waals surface area contributed by atoms with Gasteiger partial charge in [0.2, 0.25) is 0 Å². The van der Waals surface area contributed by atoms with Gasteiger partial charge in [0.15, 0.2) is 0 Å². The number of nitrogens with two attached hydrogens (primary N) is 1. The lowest BCUT2D eigenvalue weighted by molar-refractivity contribution is 0.739. The zero-order chi connectivity index (χ0) is 14.5. The second kappa shape index (κ2) is 6.78. The van der Waals surface area contributed by atoms with Crippen molar-refractivity contribution in [2.24, 2.45) is 5.73 Å². The maximum atomic E-state index is 5.94. The molecule has 1 unspecified atom stereocenters. The highest BCUT2D eigenvalue weighted by molar-refractivity contribution is 6.30. The average Bonchev–Trinajstić information content (AvgIpc) is 2.48. The lowest BCUT2D eigenvalue weighted by Crippen LogP contribution is -2.21. The molecule has 0 aliphatic rings. The van der Waals surface area contributed by atoms with E-state index in [2.05, 4.69) is 55.3 Å². The Balaban J connectivity index is 2.13. The van der Waals surface area contributed by atoms with Gasteiger partial charge in [-0.25, -0.2) is 0 Å². The normalized spacial score (nSPS) is 12.2. The molecule has 0 aliphatic carbocycles. The van der Waals surface area contributed by atoms with E-state index in [0.29, 0.717) is 12.6 Å². The van der Waals surface area contributed by atoms with Crippen LogP contribution in [0.15, 0.2) is 48.5 Å². The molecule has 0 heterocycles. The first-order valence-corrected chi connectivity index (χ1v) is 7.27. The van der Waals surface area contributed by atoms with Crippen molar-refractivity contribution in [3.05, 3.63) is 64.7 Å². The summed E-state index contributed by atoms with van der Waals surface area (Å²) in [4.78, 5) is 2.26. The highest BCUT2D eigenvalue weighted by atomic mass is 35.5. The molecule has 0 saturated heterocycles. The van der Waals surface area contributed by atoms with Crippen LogP contribution in [-0.4, -0.2) is 13.6 Å². The zero-order valence-electron chi connectivity index (χ0n) is 12.0. The van der Waals surface area contributed by atoms with Crippen molar-refractivity contribution in [2.75, 3.05) is 18.5 Å². The second-order valence-corrected chi connectivity index (χ2v) is 5.48. The van der Waals surface area contributed by atoms with Gasteiger partial charge in [0.1, 0.15) is 0 Å². The number of rotatable bonds is 5. The minimum absolute atomic E-state index is 0.299. The van der Waals surface area contributed by atoms with Crippen molar-refractivity contribution >= 4 is 17.3 Å². The summed E-state index contributed by atoms with van der Waals surface area (Å²) in [5.41, 5.74) is 9.31. The van der Waals surface area contributed by atoms with Gasteiger partial charge in [0.05, 0.1) is 6.04 Å². The van der Waals surface area contributed by atoms with Crippen molar-refractivity contribution in [3.63, 3.8) is 0 Å². The van der Waals surface area contributed by atoms with E-state index in [1.54, 1.807) is 0 Å². The van der Waals surface area contributed by atoms with E-state index in [4.69, 9.17) is 17.3 Å². The van der Waals surface area contributed by atoms with Crippen LogP contribution in [0.25, 0.3) is 0 Å². The lowest BCUT2D eigenvalue weighted by Gasteiger charge is -2.27. The third kappa shape index (κ3) is 3.53. The maximum absolute atomic E-state index is 5.94.